The molecule has 3 aromatic heterocycles. The highest BCUT2D eigenvalue weighted by Gasteiger charge is 2.35. The van der Waals surface area contributed by atoms with E-state index in [1.807, 2.05) is 48.0 Å². The van der Waals surface area contributed by atoms with Gasteiger partial charge in [-0.1, -0.05) is 6.07 Å². The minimum Gasteiger partial charge on any atom is -0.312 e. The molecule has 146 valence electrons. The van der Waals surface area contributed by atoms with Gasteiger partial charge >= 0.3 is 0 Å². The highest BCUT2D eigenvalue weighted by atomic mass is 32.1. The van der Waals surface area contributed by atoms with Gasteiger partial charge in [-0.3, -0.25) is 9.59 Å². The lowest BCUT2D eigenvalue weighted by atomic mass is 10.1. The molecule has 4 aromatic rings. The van der Waals surface area contributed by atoms with Crippen molar-refractivity contribution in [2.45, 2.75) is 13.3 Å². The Balaban J connectivity index is 1.29. The SMILES string of the molecule is Cc1nc2cc(N3CC(C(=O)Nc4nc(-c5cccs5)cs4)CC3=O)ccc2s1. The number of nitrogens with one attached hydrogen (secondary N) is 1. The van der Waals surface area contributed by atoms with E-state index in [1.165, 1.54) is 11.3 Å². The summed E-state index contributed by atoms with van der Waals surface area (Å²) in [5.74, 6) is -0.613. The number of benzene rings is 1. The van der Waals surface area contributed by atoms with Crippen LogP contribution < -0.4 is 10.2 Å². The van der Waals surface area contributed by atoms with Crippen LogP contribution in [0.1, 0.15) is 11.4 Å². The predicted octanol–water partition coefficient (Wildman–Crippen LogP) is 4.78. The monoisotopic (exact) mass is 440 g/mol. The average molecular weight is 441 g/mol. The van der Waals surface area contributed by atoms with Crippen LogP contribution in [0.15, 0.2) is 41.1 Å². The lowest BCUT2D eigenvalue weighted by Gasteiger charge is -2.16. The number of carbonyl (C=O) groups is 2. The summed E-state index contributed by atoms with van der Waals surface area (Å²) in [4.78, 5) is 37.0. The third-order valence-corrected chi connectivity index (χ3v) is 7.40. The van der Waals surface area contributed by atoms with Crippen molar-refractivity contribution < 1.29 is 9.59 Å². The molecule has 0 bridgehead atoms. The number of anilines is 2. The molecule has 2 amide bonds. The number of amides is 2. The van der Waals surface area contributed by atoms with Gasteiger partial charge in [0.2, 0.25) is 11.8 Å². The van der Waals surface area contributed by atoms with E-state index in [0.29, 0.717) is 11.7 Å². The molecule has 29 heavy (non-hydrogen) atoms. The van der Waals surface area contributed by atoms with Crippen molar-refractivity contribution in [1.82, 2.24) is 9.97 Å². The molecule has 1 atom stereocenters. The fourth-order valence-electron chi connectivity index (χ4n) is 3.41. The molecule has 0 saturated carbocycles. The van der Waals surface area contributed by atoms with Gasteiger partial charge in [-0.15, -0.1) is 34.0 Å². The van der Waals surface area contributed by atoms with Crippen LogP contribution in [0.25, 0.3) is 20.8 Å². The Morgan fingerprint density at radius 3 is 2.97 bits per heavy atom. The number of hydrogen-bond donors (Lipinski definition) is 1. The maximum Gasteiger partial charge on any atom is 0.231 e. The third-order valence-electron chi connectivity index (χ3n) is 4.79. The second kappa shape index (κ2) is 7.33. The Hall–Kier alpha value is -2.62. The molecule has 1 aromatic carbocycles. The summed E-state index contributed by atoms with van der Waals surface area (Å²) in [5, 5.41) is 8.35. The van der Waals surface area contributed by atoms with E-state index >= 15 is 0 Å². The van der Waals surface area contributed by atoms with Crippen molar-refractivity contribution in [2.75, 3.05) is 16.8 Å². The summed E-state index contributed by atoms with van der Waals surface area (Å²) < 4.78 is 1.09. The van der Waals surface area contributed by atoms with Gasteiger partial charge in [0.1, 0.15) is 0 Å². The van der Waals surface area contributed by atoms with Crippen molar-refractivity contribution in [2.24, 2.45) is 5.92 Å². The molecule has 1 N–H and O–H groups in total. The zero-order valence-electron chi connectivity index (χ0n) is 15.4. The minimum atomic E-state index is -0.399. The van der Waals surface area contributed by atoms with E-state index in [9.17, 15) is 9.59 Å². The lowest BCUT2D eigenvalue weighted by Crippen LogP contribution is -2.28. The molecule has 5 rings (SSSR count). The van der Waals surface area contributed by atoms with Gasteiger partial charge in [-0.2, -0.15) is 0 Å². The van der Waals surface area contributed by atoms with Crippen molar-refractivity contribution in [3.63, 3.8) is 0 Å². The van der Waals surface area contributed by atoms with Gasteiger partial charge in [0.25, 0.3) is 0 Å². The number of thiophene rings is 1. The van der Waals surface area contributed by atoms with Crippen molar-refractivity contribution >= 4 is 66.9 Å². The first-order chi connectivity index (χ1) is 14.1. The Labute approximate surface area is 178 Å². The number of aryl methyl sites for hydroxylation is 1. The number of fused-ring (bicyclic) bond motifs is 1. The number of carbonyl (C=O) groups excluding carboxylic acids is 2. The Morgan fingerprint density at radius 1 is 1.24 bits per heavy atom. The van der Waals surface area contributed by atoms with Gasteiger partial charge in [-0.25, -0.2) is 9.97 Å². The number of thiazole rings is 2. The lowest BCUT2D eigenvalue weighted by molar-refractivity contribution is -0.122. The van der Waals surface area contributed by atoms with E-state index in [1.54, 1.807) is 27.6 Å². The van der Waals surface area contributed by atoms with E-state index in [-0.39, 0.29) is 18.2 Å². The van der Waals surface area contributed by atoms with Gasteiger partial charge in [0, 0.05) is 24.0 Å². The van der Waals surface area contributed by atoms with Crippen LogP contribution in [-0.2, 0) is 9.59 Å². The van der Waals surface area contributed by atoms with Gasteiger partial charge in [0.05, 0.1) is 31.7 Å². The Morgan fingerprint density at radius 2 is 2.14 bits per heavy atom. The first kappa shape index (κ1) is 18.4. The van der Waals surface area contributed by atoms with Crippen LogP contribution in [-0.4, -0.2) is 28.3 Å². The zero-order valence-corrected chi connectivity index (χ0v) is 17.9. The molecular weight excluding hydrogens is 424 g/mol. The molecule has 0 radical (unpaired) electrons. The predicted molar refractivity (Wildman–Crippen MR) is 119 cm³/mol. The Kier molecular flexibility index (Phi) is 4.65. The average Bonchev–Trinajstić information content (AvgIpc) is 3.47. The quantitative estimate of drug-likeness (QED) is 0.495. The summed E-state index contributed by atoms with van der Waals surface area (Å²) in [5.41, 5.74) is 2.53. The first-order valence-electron chi connectivity index (χ1n) is 9.04. The molecule has 9 heteroatoms. The standard InChI is InChI=1S/C20H16N4O2S3/c1-11-21-14-8-13(4-5-17(14)29-11)24-9-12(7-18(24)25)19(26)23-20-22-15(10-28-20)16-3-2-6-27-16/h2-6,8,10,12H,7,9H2,1H3,(H,22,23,26). The third kappa shape index (κ3) is 3.57. The zero-order chi connectivity index (χ0) is 20.0. The molecule has 1 aliphatic rings. The molecule has 0 aliphatic carbocycles. The topological polar surface area (TPSA) is 75.2 Å². The molecule has 0 spiro atoms. The second-order valence-corrected chi connectivity index (χ2v) is 9.84. The van der Waals surface area contributed by atoms with E-state index in [2.05, 4.69) is 15.3 Å². The maximum absolute atomic E-state index is 12.7. The summed E-state index contributed by atoms with van der Waals surface area (Å²) >= 11 is 4.63. The summed E-state index contributed by atoms with van der Waals surface area (Å²) in [7, 11) is 0. The largest absolute Gasteiger partial charge is 0.312 e. The molecular formula is C20H16N4O2S3. The van der Waals surface area contributed by atoms with Crippen molar-refractivity contribution in [3.8, 4) is 10.6 Å². The second-order valence-electron chi connectivity index (χ2n) is 6.79. The fourth-order valence-corrected chi connectivity index (χ4v) is 5.69. The van der Waals surface area contributed by atoms with Crippen LogP contribution >= 0.6 is 34.0 Å². The summed E-state index contributed by atoms with van der Waals surface area (Å²) in [6.45, 7) is 2.33. The maximum atomic E-state index is 12.7. The van der Waals surface area contributed by atoms with Crippen LogP contribution in [0.4, 0.5) is 10.8 Å². The van der Waals surface area contributed by atoms with E-state index in [4.69, 9.17) is 0 Å². The molecule has 6 nitrogen and oxygen atoms in total. The van der Waals surface area contributed by atoms with Gasteiger partial charge < -0.3 is 10.2 Å². The first-order valence-corrected chi connectivity index (χ1v) is 11.6. The number of nitrogens with zero attached hydrogens (tertiary/aromatic N) is 3. The minimum absolute atomic E-state index is 0.0464. The van der Waals surface area contributed by atoms with Crippen LogP contribution in [0.2, 0.25) is 0 Å². The molecule has 1 aliphatic heterocycles. The molecule has 1 saturated heterocycles. The fraction of sp³-hybridized carbons (Fsp3) is 0.200. The summed E-state index contributed by atoms with van der Waals surface area (Å²) in [6.07, 6.45) is 0.198. The number of rotatable bonds is 4. The highest BCUT2D eigenvalue weighted by Crippen LogP contribution is 2.32. The normalized spacial score (nSPS) is 16.7. The van der Waals surface area contributed by atoms with Crippen molar-refractivity contribution in [3.05, 3.63) is 46.1 Å². The molecule has 1 unspecified atom stereocenters. The number of hydrogen-bond acceptors (Lipinski definition) is 7. The summed E-state index contributed by atoms with van der Waals surface area (Å²) in [6, 6.07) is 9.80. The Bertz CT molecular complexity index is 1210. The van der Waals surface area contributed by atoms with Crippen molar-refractivity contribution in [1.29, 1.82) is 0 Å². The van der Waals surface area contributed by atoms with Gasteiger partial charge in [0.15, 0.2) is 5.13 Å². The van der Waals surface area contributed by atoms with Crippen LogP contribution in [0, 0.1) is 12.8 Å². The van der Waals surface area contributed by atoms with E-state index < -0.39 is 5.92 Å². The molecule has 1 fully saturated rings. The molecule has 4 heterocycles. The van der Waals surface area contributed by atoms with Crippen LogP contribution in [0.3, 0.4) is 0 Å². The number of aromatic nitrogens is 2. The highest BCUT2D eigenvalue weighted by molar-refractivity contribution is 7.18. The van der Waals surface area contributed by atoms with Crippen LogP contribution in [0.5, 0.6) is 0 Å². The van der Waals surface area contributed by atoms with Gasteiger partial charge in [-0.05, 0) is 36.6 Å². The van der Waals surface area contributed by atoms with E-state index in [0.717, 1.165) is 31.5 Å². The smallest absolute Gasteiger partial charge is 0.231 e.